The molecule has 84 valence electrons. The third kappa shape index (κ3) is 1.84. The molecule has 1 aliphatic rings. The molecule has 0 spiro atoms. The summed E-state index contributed by atoms with van der Waals surface area (Å²) in [4.78, 5) is 3.45. The summed E-state index contributed by atoms with van der Waals surface area (Å²) in [6.45, 7) is 4.00. The molecule has 1 aromatic heterocycles. The van der Waals surface area contributed by atoms with Gasteiger partial charge in [0.1, 0.15) is 0 Å². The number of rotatable bonds is 0. The standard InChI is InChI=1S/C13H11N.C2H6.H2/c1-2-6-10-11-7-4-5-9-13(11)14-12(10)8-3-1;1-2;/h4-5,7,9,14H,2,6,8H2;1-2H3;1H. The van der Waals surface area contributed by atoms with E-state index in [1.807, 2.05) is 13.8 Å². The van der Waals surface area contributed by atoms with Crippen molar-refractivity contribution in [3.63, 3.8) is 0 Å². The molecule has 1 aliphatic carbocycles. The molecule has 1 aromatic carbocycles. The van der Waals surface area contributed by atoms with E-state index < -0.39 is 0 Å². The lowest BCUT2D eigenvalue weighted by Crippen LogP contribution is -1.87. The second-order valence-electron chi connectivity index (χ2n) is 3.66. The number of H-pyrrole nitrogens is 1. The van der Waals surface area contributed by atoms with Gasteiger partial charge in [0.15, 0.2) is 0 Å². The Labute approximate surface area is 98.4 Å². The normalized spacial score (nSPS) is 12.9. The minimum atomic E-state index is 0. The second-order valence-corrected chi connectivity index (χ2v) is 3.66. The van der Waals surface area contributed by atoms with E-state index >= 15 is 0 Å². The van der Waals surface area contributed by atoms with Crippen LogP contribution in [0.4, 0.5) is 0 Å². The zero-order chi connectivity index (χ0) is 11.4. The minimum Gasteiger partial charge on any atom is -0.357 e. The molecule has 3 rings (SSSR count). The van der Waals surface area contributed by atoms with Gasteiger partial charge in [0.25, 0.3) is 0 Å². The molecule has 0 radical (unpaired) electrons. The van der Waals surface area contributed by atoms with E-state index in [1.165, 1.54) is 22.2 Å². The summed E-state index contributed by atoms with van der Waals surface area (Å²) in [7, 11) is 0. The Bertz CT molecular complexity index is 543. The van der Waals surface area contributed by atoms with Crippen LogP contribution in [0.25, 0.3) is 10.9 Å². The molecule has 0 saturated heterocycles. The van der Waals surface area contributed by atoms with Gasteiger partial charge in [-0.2, -0.15) is 0 Å². The van der Waals surface area contributed by atoms with E-state index in [1.54, 1.807) is 0 Å². The fourth-order valence-electron chi connectivity index (χ4n) is 2.12. The molecule has 1 heterocycles. The number of fused-ring (bicyclic) bond motifs is 3. The average Bonchev–Trinajstić information content (AvgIpc) is 2.54. The summed E-state index contributed by atoms with van der Waals surface area (Å²) in [5.74, 6) is 6.36. The molecule has 0 amide bonds. The van der Waals surface area contributed by atoms with Gasteiger partial charge in [-0.3, -0.25) is 0 Å². The maximum Gasteiger partial charge on any atom is 0.0494 e. The lowest BCUT2D eigenvalue weighted by molar-refractivity contribution is 1.02. The minimum absolute atomic E-state index is 0. The average molecular weight is 213 g/mol. The highest BCUT2D eigenvalue weighted by molar-refractivity contribution is 5.84. The second kappa shape index (κ2) is 4.90. The van der Waals surface area contributed by atoms with Crippen LogP contribution >= 0.6 is 0 Å². The fraction of sp³-hybridized carbons (Fsp3) is 0.333. The highest BCUT2D eigenvalue weighted by Gasteiger charge is 2.10. The molecule has 0 unspecified atom stereocenters. The third-order valence-electron chi connectivity index (χ3n) is 2.79. The van der Waals surface area contributed by atoms with Crippen LogP contribution in [0.3, 0.4) is 0 Å². The predicted molar refractivity (Wildman–Crippen MR) is 71.6 cm³/mol. The van der Waals surface area contributed by atoms with Gasteiger partial charge >= 0.3 is 0 Å². The first-order chi connectivity index (χ1) is 7.95. The first-order valence-corrected chi connectivity index (χ1v) is 5.99. The maximum absolute atomic E-state index is 3.45. The zero-order valence-electron chi connectivity index (χ0n) is 9.93. The van der Waals surface area contributed by atoms with E-state index in [0.717, 1.165) is 19.3 Å². The Morgan fingerprint density at radius 2 is 2.00 bits per heavy atom. The molecule has 1 nitrogen and oxygen atoms in total. The Morgan fingerprint density at radius 1 is 1.19 bits per heavy atom. The van der Waals surface area contributed by atoms with Gasteiger partial charge in [0, 0.05) is 30.9 Å². The van der Waals surface area contributed by atoms with Gasteiger partial charge in [-0.15, -0.1) is 5.92 Å². The van der Waals surface area contributed by atoms with Crippen LogP contribution in [0.1, 0.15) is 33.0 Å². The van der Waals surface area contributed by atoms with E-state index in [-0.39, 0.29) is 1.43 Å². The third-order valence-corrected chi connectivity index (χ3v) is 2.79. The quantitative estimate of drug-likeness (QED) is 0.638. The molecular formula is C15H19N. The van der Waals surface area contributed by atoms with Crippen molar-refractivity contribution in [2.24, 2.45) is 0 Å². The number of hydrogen-bond acceptors (Lipinski definition) is 0. The number of hydrogen-bond donors (Lipinski definition) is 1. The molecule has 1 heteroatoms. The van der Waals surface area contributed by atoms with E-state index in [4.69, 9.17) is 0 Å². The molecule has 16 heavy (non-hydrogen) atoms. The molecule has 0 fully saturated rings. The van der Waals surface area contributed by atoms with Gasteiger partial charge in [-0.05, 0) is 18.1 Å². The van der Waals surface area contributed by atoms with E-state index in [2.05, 4.69) is 41.1 Å². The van der Waals surface area contributed by atoms with Crippen molar-refractivity contribution in [3.05, 3.63) is 35.5 Å². The number of aromatic nitrogens is 1. The molecule has 0 bridgehead atoms. The smallest absolute Gasteiger partial charge is 0.0494 e. The Balaban J connectivity index is 0.000000459. The van der Waals surface area contributed by atoms with E-state index in [0.29, 0.717) is 0 Å². The van der Waals surface area contributed by atoms with Crippen LogP contribution in [-0.4, -0.2) is 4.98 Å². The molecule has 1 N–H and O–H groups in total. The van der Waals surface area contributed by atoms with Gasteiger partial charge in [-0.25, -0.2) is 0 Å². The van der Waals surface area contributed by atoms with Gasteiger partial charge in [0.2, 0.25) is 0 Å². The van der Waals surface area contributed by atoms with E-state index in [9.17, 15) is 0 Å². The summed E-state index contributed by atoms with van der Waals surface area (Å²) in [6.07, 6.45) is 2.96. The van der Waals surface area contributed by atoms with Crippen molar-refractivity contribution >= 4 is 10.9 Å². The Hall–Kier alpha value is -1.68. The topological polar surface area (TPSA) is 15.8 Å². The van der Waals surface area contributed by atoms with Crippen LogP contribution in [0.5, 0.6) is 0 Å². The number of nitrogens with one attached hydrogen (secondary N) is 1. The molecule has 0 saturated carbocycles. The summed E-state index contributed by atoms with van der Waals surface area (Å²) >= 11 is 0. The van der Waals surface area contributed by atoms with Crippen LogP contribution in [0.15, 0.2) is 24.3 Å². The maximum atomic E-state index is 3.45. The van der Waals surface area contributed by atoms with Crippen LogP contribution < -0.4 is 0 Å². The van der Waals surface area contributed by atoms with Crippen molar-refractivity contribution in [2.45, 2.75) is 33.1 Å². The van der Waals surface area contributed by atoms with Crippen LogP contribution in [-0.2, 0) is 12.8 Å². The first-order valence-electron chi connectivity index (χ1n) is 5.99. The summed E-state index contributed by atoms with van der Waals surface area (Å²) in [6, 6.07) is 8.50. The largest absolute Gasteiger partial charge is 0.357 e. The Kier molecular flexibility index (Phi) is 3.31. The SMILES string of the molecule is C1#CCc2[nH]c3ccccc3c2CC1.CC.[HH]. The zero-order valence-corrected chi connectivity index (χ0v) is 9.93. The highest BCUT2D eigenvalue weighted by Crippen LogP contribution is 2.24. The fourth-order valence-corrected chi connectivity index (χ4v) is 2.12. The lowest BCUT2D eigenvalue weighted by atomic mass is 10.1. The number of benzene rings is 1. The van der Waals surface area contributed by atoms with Crippen molar-refractivity contribution in [3.8, 4) is 11.8 Å². The molecule has 2 aromatic rings. The number of para-hydroxylation sites is 1. The van der Waals surface area contributed by atoms with Crippen molar-refractivity contribution < 1.29 is 1.43 Å². The predicted octanol–water partition coefficient (Wildman–Crippen LogP) is 3.93. The summed E-state index contributed by atoms with van der Waals surface area (Å²) in [5, 5.41) is 1.37. The first kappa shape index (κ1) is 10.8. The monoisotopic (exact) mass is 213 g/mol. The summed E-state index contributed by atoms with van der Waals surface area (Å²) < 4.78 is 0. The van der Waals surface area contributed by atoms with Gasteiger partial charge in [-0.1, -0.05) is 38.0 Å². The van der Waals surface area contributed by atoms with Crippen molar-refractivity contribution in [2.75, 3.05) is 0 Å². The lowest BCUT2D eigenvalue weighted by Gasteiger charge is -1.96. The molecule has 0 atom stereocenters. The van der Waals surface area contributed by atoms with Gasteiger partial charge < -0.3 is 4.98 Å². The highest BCUT2D eigenvalue weighted by atomic mass is 14.7. The number of aryl methyl sites for hydroxylation is 1. The van der Waals surface area contributed by atoms with Gasteiger partial charge in [0.05, 0.1) is 0 Å². The van der Waals surface area contributed by atoms with Crippen molar-refractivity contribution in [1.82, 2.24) is 4.98 Å². The number of aromatic amines is 1. The van der Waals surface area contributed by atoms with Crippen LogP contribution in [0.2, 0.25) is 0 Å². The summed E-state index contributed by atoms with van der Waals surface area (Å²) in [5.41, 5.74) is 4.02. The molecular weight excluding hydrogens is 194 g/mol. The van der Waals surface area contributed by atoms with Crippen LogP contribution in [0, 0.1) is 11.8 Å². The Morgan fingerprint density at radius 3 is 2.88 bits per heavy atom. The van der Waals surface area contributed by atoms with Crippen molar-refractivity contribution in [1.29, 1.82) is 0 Å². The molecule has 0 aliphatic heterocycles.